The molecule has 0 amide bonds. The van der Waals surface area contributed by atoms with E-state index in [1.54, 1.807) is 10.9 Å². The van der Waals surface area contributed by atoms with Crippen LogP contribution in [0, 0.1) is 0 Å². The molecule has 1 fully saturated rings. The number of esters is 1. The predicted octanol–water partition coefficient (Wildman–Crippen LogP) is 0.698. The van der Waals surface area contributed by atoms with E-state index in [4.69, 9.17) is 0 Å². The lowest BCUT2D eigenvalue weighted by Gasteiger charge is -2.32. The quantitative estimate of drug-likeness (QED) is 0.580. The molecule has 0 N–H and O–H groups in total. The van der Waals surface area contributed by atoms with Gasteiger partial charge in [-0.1, -0.05) is 5.21 Å². The number of ether oxygens (including phenoxy) is 1. The summed E-state index contributed by atoms with van der Waals surface area (Å²) in [7, 11) is 1.33. The van der Waals surface area contributed by atoms with E-state index in [1.165, 1.54) is 7.11 Å². The molecule has 1 aromatic heterocycles. The van der Waals surface area contributed by atoms with E-state index in [-0.39, 0.29) is 11.7 Å². The first kappa shape index (κ1) is 9.51. The Morgan fingerprint density at radius 3 is 3.00 bits per heavy atom. The molecule has 1 saturated carbocycles. The second-order valence-corrected chi connectivity index (χ2v) is 3.95. The second kappa shape index (κ2) is 3.61. The van der Waals surface area contributed by atoms with Crippen LogP contribution in [0.4, 0.5) is 0 Å². The van der Waals surface area contributed by atoms with Gasteiger partial charge in [-0.25, -0.2) is 9.48 Å². The van der Waals surface area contributed by atoms with Gasteiger partial charge in [-0.15, -0.1) is 5.10 Å². The molecule has 76 valence electrons. The molecule has 0 spiro atoms. The van der Waals surface area contributed by atoms with Gasteiger partial charge in [-0.2, -0.15) is 12.6 Å². The summed E-state index contributed by atoms with van der Waals surface area (Å²) < 4.78 is 6.22. The van der Waals surface area contributed by atoms with E-state index in [9.17, 15) is 4.79 Å². The van der Waals surface area contributed by atoms with E-state index in [0.717, 1.165) is 12.8 Å². The van der Waals surface area contributed by atoms with Crippen molar-refractivity contribution in [2.24, 2.45) is 0 Å². The number of hydrogen-bond donors (Lipinski definition) is 1. The lowest BCUT2D eigenvalue weighted by Crippen LogP contribution is -2.30. The third-order valence-electron chi connectivity index (χ3n) is 2.45. The van der Waals surface area contributed by atoms with E-state index in [2.05, 4.69) is 27.7 Å². The zero-order valence-electron chi connectivity index (χ0n) is 7.75. The number of thiol groups is 1. The molecule has 2 rings (SSSR count). The van der Waals surface area contributed by atoms with Crippen LogP contribution >= 0.6 is 12.6 Å². The van der Waals surface area contributed by atoms with Crippen LogP contribution in [-0.4, -0.2) is 33.3 Å². The van der Waals surface area contributed by atoms with Crippen LogP contribution in [-0.2, 0) is 4.74 Å². The van der Waals surface area contributed by atoms with Crippen molar-refractivity contribution in [2.75, 3.05) is 7.11 Å². The van der Waals surface area contributed by atoms with Crippen molar-refractivity contribution in [1.82, 2.24) is 15.0 Å². The monoisotopic (exact) mass is 213 g/mol. The summed E-state index contributed by atoms with van der Waals surface area (Å²) in [4.78, 5) is 11.1. The molecule has 1 aromatic rings. The third-order valence-corrected chi connectivity index (χ3v) is 3.05. The van der Waals surface area contributed by atoms with Crippen LogP contribution < -0.4 is 0 Å². The molecule has 0 saturated heterocycles. The number of hydrogen-bond acceptors (Lipinski definition) is 5. The van der Waals surface area contributed by atoms with Crippen LogP contribution in [0.25, 0.3) is 0 Å². The van der Waals surface area contributed by atoms with E-state index < -0.39 is 5.97 Å². The first-order valence-electron chi connectivity index (χ1n) is 4.40. The zero-order valence-corrected chi connectivity index (χ0v) is 8.65. The van der Waals surface area contributed by atoms with Gasteiger partial charge in [-0.05, 0) is 12.8 Å². The molecule has 1 heterocycles. The number of rotatable bonds is 2. The van der Waals surface area contributed by atoms with Crippen molar-refractivity contribution < 1.29 is 9.53 Å². The normalized spacial score (nSPS) is 25.6. The van der Waals surface area contributed by atoms with Crippen molar-refractivity contribution in [2.45, 2.75) is 24.1 Å². The highest BCUT2D eigenvalue weighted by atomic mass is 32.1. The molecule has 1 aliphatic carbocycles. The Morgan fingerprint density at radius 1 is 1.71 bits per heavy atom. The Balaban J connectivity index is 2.13. The summed E-state index contributed by atoms with van der Waals surface area (Å²) in [5.41, 5.74) is 0.250. The van der Waals surface area contributed by atoms with Gasteiger partial charge in [0.1, 0.15) is 0 Å². The molecule has 0 bridgehead atoms. The highest BCUT2D eigenvalue weighted by Gasteiger charge is 2.30. The molecule has 6 heteroatoms. The average Bonchev–Trinajstić information content (AvgIpc) is 2.63. The Bertz CT molecular complexity index is 352. The summed E-state index contributed by atoms with van der Waals surface area (Å²) in [5, 5.41) is 7.92. The van der Waals surface area contributed by atoms with Crippen molar-refractivity contribution in [3.05, 3.63) is 11.9 Å². The van der Waals surface area contributed by atoms with Gasteiger partial charge in [0, 0.05) is 5.25 Å². The summed E-state index contributed by atoms with van der Waals surface area (Å²) in [6.45, 7) is 0. The van der Waals surface area contributed by atoms with Gasteiger partial charge in [0.25, 0.3) is 0 Å². The van der Waals surface area contributed by atoms with Crippen LogP contribution in [0.2, 0.25) is 0 Å². The summed E-state index contributed by atoms with van der Waals surface area (Å²) in [5.74, 6) is -0.453. The van der Waals surface area contributed by atoms with Crippen molar-refractivity contribution >= 4 is 18.6 Å². The smallest absolute Gasteiger partial charge is 0.360 e. The average molecular weight is 213 g/mol. The lowest BCUT2D eigenvalue weighted by atomic mass is 9.92. The lowest BCUT2D eigenvalue weighted by molar-refractivity contribution is 0.0594. The molecule has 14 heavy (non-hydrogen) atoms. The first-order chi connectivity index (χ1) is 6.72. The number of methoxy groups -OCH3 is 1. The number of aromatic nitrogens is 3. The zero-order chi connectivity index (χ0) is 10.1. The minimum absolute atomic E-state index is 0.250. The molecular formula is C8H11N3O2S. The molecule has 0 radical (unpaired) electrons. The standard InChI is InChI=1S/C8H11N3O2S/c1-13-8(12)5-4-11(10-9-5)6-2-3-7(6)14/h4,6-7,14H,2-3H2,1H3. The highest BCUT2D eigenvalue weighted by Crippen LogP contribution is 2.35. The highest BCUT2D eigenvalue weighted by molar-refractivity contribution is 7.81. The van der Waals surface area contributed by atoms with Crippen LogP contribution in [0.1, 0.15) is 29.4 Å². The van der Waals surface area contributed by atoms with Crippen LogP contribution in [0.3, 0.4) is 0 Å². The van der Waals surface area contributed by atoms with E-state index in [0.29, 0.717) is 5.25 Å². The fraction of sp³-hybridized carbons (Fsp3) is 0.625. The topological polar surface area (TPSA) is 57.0 Å². The molecular weight excluding hydrogens is 202 g/mol. The van der Waals surface area contributed by atoms with Gasteiger partial charge < -0.3 is 4.74 Å². The third kappa shape index (κ3) is 1.50. The Morgan fingerprint density at radius 2 is 2.50 bits per heavy atom. The minimum Gasteiger partial charge on any atom is -0.464 e. The van der Waals surface area contributed by atoms with Crippen LogP contribution in [0.15, 0.2) is 6.20 Å². The maximum Gasteiger partial charge on any atom is 0.360 e. The maximum absolute atomic E-state index is 11.1. The fourth-order valence-corrected chi connectivity index (χ4v) is 1.85. The predicted molar refractivity (Wildman–Crippen MR) is 52.4 cm³/mol. The molecule has 0 aromatic carbocycles. The number of carbonyl (C=O) groups is 1. The largest absolute Gasteiger partial charge is 0.464 e. The van der Waals surface area contributed by atoms with Crippen molar-refractivity contribution in [3.8, 4) is 0 Å². The van der Waals surface area contributed by atoms with Gasteiger partial charge in [-0.3, -0.25) is 0 Å². The molecule has 2 unspecified atom stereocenters. The van der Waals surface area contributed by atoms with Crippen molar-refractivity contribution in [1.29, 1.82) is 0 Å². The number of nitrogens with zero attached hydrogens (tertiary/aromatic N) is 3. The van der Waals surface area contributed by atoms with Gasteiger partial charge >= 0.3 is 5.97 Å². The van der Waals surface area contributed by atoms with Gasteiger partial charge in [0.15, 0.2) is 5.69 Å². The Hall–Kier alpha value is -1.04. The first-order valence-corrected chi connectivity index (χ1v) is 4.92. The molecule has 0 aliphatic heterocycles. The summed E-state index contributed by atoms with van der Waals surface area (Å²) >= 11 is 4.37. The van der Waals surface area contributed by atoms with E-state index in [1.807, 2.05) is 0 Å². The van der Waals surface area contributed by atoms with Crippen LogP contribution in [0.5, 0.6) is 0 Å². The summed E-state index contributed by atoms with van der Waals surface area (Å²) in [6.07, 6.45) is 3.73. The molecule has 1 aliphatic rings. The van der Waals surface area contributed by atoms with Gasteiger partial charge in [0.2, 0.25) is 0 Å². The van der Waals surface area contributed by atoms with Gasteiger partial charge in [0.05, 0.1) is 19.3 Å². The Kier molecular flexibility index (Phi) is 2.45. The minimum atomic E-state index is -0.453. The Labute approximate surface area is 86.8 Å². The number of carbonyl (C=O) groups excluding carboxylic acids is 1. The molecule has 2 atom stereocenters. The van der Waals surface area contributed by atoms with Crippen molar-refractivity contribution in [3.63, 3.8) is 0 Å². The van der Waals surface area contributed by atoms with E-state index >= 15 is 0 Å². The second-order valence-electron chi connectivity index (χ2n) is 3.29. The summed E-state index contributed by atoms with van der Waals surface area (Å²) in [6, 6.07) is 0.268. The molecule has 5 nitrogen and oxygen atoms in total. The fourth-order valence-electron chi connectivity index (χ4n) is 1.41. The maximum atomic E-state index is 11.1. The SMILES string of the molecule is COC(=O)c1cn(C2CCC2S)nn1.